The molecule has 2 heteroatoms. The molecule has 0 saturated carbocycles. The van der Waals surface area contributed by atoms with Crippen molar-refractivity contribution in [2.45, 2.75) is 13.0 Å². The van der Waals surface area contributed by atoms with Gasteiger partial charge >= 0.3 is 0 Å². The number of hydrogen-bond acceptors (Lipinski definition) is 1. The number of hydrogen-bond donors (Lipinski definition) is 0. The van der Waals surface area contributed by atoms with E-state index in [0.29, 0.717) is 5.69 Å². The second kappa shape index (κ2) is 2.60. The van der Waals surface area contributed by atoms with Crippen LogP contribution in [0.1, 0.15) is 18.7 Å². The van der Waals surface area contributed by atoms with Crippen molar-refractivity contribution in [3.63, 3.8) is 0 Å². The van der Waals surface area contributed by atoms with Gasteiger partial charge in [0.05, 0.1) is 5.69 Å². The lowest BCUT2D eigenvalue weighted by Gasteiger charge is -1.96. The van der Waals surface area contributed by atoms with Crippen molar-refractivity contribution in [2.24, 2.45) is 0 Å². The molecule has 0 aromatic carbocycles. The minimum Gasteiger partial charge on any atom is -0.258 e. The van der Waals surface area contributed by atoms with Crippen molar-refractivity contribution in [2.75, 3.05) is 0 Å². The summed E-state index contributed by atoms with van der Waals surface area (Å²) in [7, 11) is 0. The minimum atomic E-state index is -0.703. The Morgan fingerprint density at radius 3 is 2.67 bits per heavy atom. The smallest absolute Gasteiger partial charge is 0.132 e. The topological polar surface area (TPSA) is 32.8 Å². The lowest BCUT2D eigenvalue weighted by Crippen LogP contribution is -1.90. The monoisotopic (exact) mass is 122 g/mol. The van der Waals surface area contributed by atoms with Crippen LogP contribution in [-0.2, 0) is 5.11 Å². The van der Waals surface area contributed by atoms with Crippen LogP contribution >= 0.6 is 0 Å². The summed E-state index contributed by atoms with van der Waals surface area (Å²) in [5, 5.41) is 10.7. The van der Waals surface area contributed by atoms with Crippen molar-refractivity contribution < 1.29 is 5.11 Å². The molecule has 0 saturated heterocycles. The van der Waals surface area contributed by atoms with Crippen LogP contribution in [0.25, 0.3) is 0 Å². The third-order valence-corrected chi connectivity index (χ3v) is 1.10. The zero-order valence-electron chi connectivity index (χ0n) is 5.24. The first kappa shape index (κ1) is 6.23. The molecule has 9 heavy (non-hydrogen) atoms. The molecular weight excluding hydrogens is 114 g/mol. The number of rotatable bonds is 1. The van der Waals surface area contributed by atoms with E-state index in [1.54, 1.807) is 25.3 Å². The second-order valence-corrected chi connectivity index (χ2v) is 1.90. The molecule has 1 aromatic heterocycles. The van der Waals surface area contributed by atoms with Gasteiger partial charge in [0.2, 0.25) is 0 Å². The Hall–Kier alpha value is -0.890. The van der Waals surface area contributed by atoms with Crippen LogP contribution in [0.2, 0.25) is 0 Å². The van der Waals surface area contributed by atoms with Gasteiger partial charge in [-0.15, -0.1) is 0 Å². The Labute approximate surface area is 54.2 Å². The lowest BCUT2D eigenvalue weighted by molar-refractivity contribution is 0.102. The SMILES string of the molecule is CC([O])c1ccccn1. The molecule has 0 N–H and O–H groups in total. The van der Waals surface area contributed by atoms with E-state index >= 15 is 0 Å². The van der Waals surface area contributed by atoms with Gasteiger partial charge in [-0.3, -0.25) is 4.98 Å². The van der Waals surface area contributed by atoms with Gasteiger partial charge in [-0.05, 0) is 19.1 Å². The largest absolute Gasteiger partial charge is 0.258 e. The van der Waals surface area contributed by atoms with Gasteiger partial charge in [0, 0.05) is 6.20 Å². The van der Waals surface area contributed by atoms with Crippen LogP contribution in [0.3, 0.4) is 0 Å². The fourth-order valence-corrected chi connectivity index (χ4v) is 0.616. The van der Waals surface area contributed by atoms with Gasteiger partial charge in [0.15, 0.2) is 0 Å². The van der Waals surface area contributed by atoms with Crippen molar-refractivity contribution in [1.82, 2.24) is 4.98 Å². The average molecular weight is 122 g/mol. The maximum Gasteiger partial charge on any atom is 0.132 e. The molecule has 1 unspecified atom stereocenters. The fourth-order valence-electron chi connectivity index (χ4n) is 0.616. The third-order valence-electron chi connectivity index (χ3n) is 1.10. The molecule has 0 aliphatic rings. The van der Waals surface area contributed by atoms with Gasteiger partial charge in [-0.2, -0.15) is 0 Å². The minimum absolute atomic E-state index is 0.609. The van der Waals surface area contributed by atoms with Crippen LogP contribution < -0.4 is 0 Å². The third kappa shape index (κ3) is 1.50. The van der Waals surface area contributed by atoms with E-state index in [1.165, 1.54) is 0 Å². The van der Waals surface area contributed by atoms with Crippen LogP contribution in [-0.4, -0.2) is 4.98 Å². The molecule has 0 spiro atoms. The predicted molar refractivity (Wildman–Crippen MR) is 33.3 cm³/mol. The van der Waals surface area contributed by atoms with E-state index in [1.807, 2.05) is 6.07 Å². The van der Waals surface area contributed by atoms with Gasteiger partial charge in [0.25, 0.3) is 0 Å². The first-order valence-electron chi connectivity index (χ1n) is 2.87. The van der Waals surface area contributed by atoms with E-state index in [4.69, 9.17) is 0 Å². The first-order chi connectivity index (χ1) is 4.30. The summed E-state index contributed by atoms with van der Waals surface area (Å²) in [5.74, 6) is 0. The van der Waals surface area contributed by atoms with E-state index < -0.39 is 6.10 Å². The Bertz CT molecular complexity index is 172. The Balaban J connectivity index is 2.85. The highest BCUT2D eigenvalue weighted by molar-refractivity contribution is 5.05. The summed E-state index contributed by atoms with van der Waals surface area (Å²) >= 11 is 0. The van der Waals surface area contributed by atoms with Gasteiger partial charge in [0.1, 0.15) is 6.10 Å². The molecule has 0 fully saturated rings. The lowest BCUT2D eigenvalue weighted by atomic mass is 10.2. The van der Waals surface area contributed by atoms with Gasteiger partial charge in [-0.1, -0.05) is 6.07 Å². The van der Waals surface area contributed by atoms with Crippen molar-refractivity contribution in [1.29, 1.82) is 0 Å². The molecular formula is C7H8NO. The van der Waals surface area contributed by atoms with Crippen molar-refractivity contribution >= 4 is 0 Å². The predicted octanol–water partition coefficient (Wildman–Crippen LogP) is 1.57. The Kier molecular flexibility index (Phi) is 1.80. The molecule has 0 bridgehead atoms. The van der Waals surface area contributed by atoms with Gasteiger partial charge in [-0.25, -0.2) is 5.11 Å². The maximum atomic E-state index is 10.7. The number of pyridine rings is 1. The summed E-state index contributed by atoms with van der Waals surface area (Å²) in [6.45, 7) is 1.59. The number of nitrogens with zero attached hydrogens (tertiary/aromatic N) is 1. The number of aromatic nitrogens is 1. The maximum absolute atomic E-state index is 10.7. The molecule has 0 amide bonds. The first-order valence-corrected chi connectivity index (χ1v) is 2.87. The molecule has 1 aromatic rings. The van der Waals surface area contributed by atoms with E-state index in [9.17, 15) is 5.11 Å². The fraction of sp³-hybridized carbons (Fsp3) is 0.286. The quantitative estimate of drug-likeness (QED) is 0.556. The normalized spacial score (nSPS) is 13.1. The standard InChI is InChI=1S/C7H8NO/c1-6(9)7-4-2-3-5-8-7/h2-6H,1H3. The van der Waals surface area contributed by atoms with E-state index in [0.717, 1.165) is 0 Å². The molecule has 1 rings (SSSR count). The van der Waals surface area contributed by atoms with Crippen LogP contribution in [0.5, 0.6) is 0 Å². The summed E-state index contributed by atoms with van der Waals surface area (Å²) in [6.07, 6.45) is 0.926. The zero-order chi connectivity index (χ0) is 6.69. The van der Waals surface area contributed by atoms with Crippen molar-refractivity contribution in [3.05, 3.63) is 30.1 Å². The molecule has 1 atom stereocenters. The molecule has 1 radical (unpaired) electrons. The average Bonchev–Trinajstić information content (AvgIpc) is 1.90. The zero-order valence-corrected chi connectivity index (χ0v) is 5.24. The molecule has 2 nitrogen and oxygen atoms in total. The highest BCUT2D eigenvalue weighted by Crippen LogP contribution is 2.06. The summed E-state index contributed by atoms with van der Waals surface area (Å²) < 4.78 is 0. The van der Waals surface area contributed by atoms with Crippen LogP contribution in [0.4, 0.5) is 0 Å². The van der Waals surface area contributed by atoms with Crippen molar-refractivity contribution in [3.8, 4) is 0 Å². The summed E-state index contributed by atoms with van der Waals surface area (Å²) in [5.41, 5.74) is 0.609. The van der Waals surface area contributed by atoms with E-state index in [-0.39, 0.29) is 0 Å². The van der Waals surface area contributed by atoms with Gasteiger partial charge < -0.3 is 0 Å². The second-order valence-electron chi connectivity index (χ2n) is 1.90. The molecule has 0 aliphatic carbocycles. The molecule has 1 heterocycles. The highest BCUT2D eigenvalue weighted by Gasteiger charge is 1.99. The molecule has 0 aliphatic heterocycles. The Morgan fingerprint density at radius 1 is 1.56 bits per heavy atom. The highest BCUT2D eigenvalue weighted by atomic mass is 16.3. The van der Waals surface area contributed by atoms with Crippen LogP contribution in [0, 0.1) is 0 Å². The Morgan fingerprint density at radius 2 is 2.33 bits per heavy atom. The van der Waals surface area contributed by atoms with Crippen LogP contribution in [0.15, 0.2) is 24.4 Å². The molecule has 47 valence electrons. The summed E-state index contributed by atoms with van der Waals surface area (Å²) in [4.78, 5) is 3.87. The summed E-state index contributed by atoms with van der Waals surface area (Å²) in [6, 6.07) is 5.35. The van der Waals surface area contributed by atoms with E-state index in [2.05, 4.69) is 4.98 Å².